The molecular weight excluding hydrogens is 434 g/mol. The third kappa shape index (κ3) is 4.92. The second-order valence-corrected chi connectivity index (χ2v) is 8.95. The zero-order valence-corrected chi connectivity index (χ0v) is 20.0. The van der Waals surface area contributed by atoms with Crippen LogP contribution in [-0.4, -0.2) is 20.8 Å². The smallest absolute Gasteiger partial charge is 0.308 e. The topological polar surface area (TPSA) is 71.8 Å². The number of urea groups is 1. The van der Waals surface area contributed by atoms with Crippen molar-refractivity contribution in [3.8, 4) is 17.1 Å². The average molecular weight is 462 g/mol. The molecule has 0 saturated carbocycles. The Labute approximate surface area is 204 Å². The third-order valence-electron chi connectivity index (χ3n) is 5.98. The van der Waals surface area contributed by atoms with Crippen LogP contribution in [0.1, 0.15) is 30.9 Å². The molecule has 0 atom stereocenters. The monoisotopic (exact) mass is 461 g/mol. The minimum atomic E-state index is -0.264. The van der Waals surface area contributed by atoms with Gasteiger partial charge in [-0.15, -0.1) is 5.10 Å². The van der Waals surface area contributed by atoms with Crippen molar-refractivity contribution in [2.75, 3.05) is 10.6 Å². The number of carbonyl (C=O) groups excluding carboxylic acids is 1. The maximum Gasteiger partial charge on any atom is 0.323 e. The fourth-order valence-electron chi connectivity index (χ4n) is 4.08. The lowest BCUT2D eigenvalue weighted by Crippen LogP contribution is -2.20. The summed E-state index contributed by atoms with van der Waals surface area (Å²) in [5.41, 5.74) is 5.77. The van der Waals surface area contributed by atoms with Gasteiger partial charge in [0.15, 0.2) is 5.82 Å². The summed E-state index contributed by atoms with van der Waals surface area (Å²) in [5, 5.41) is 12.6. The van der Waals surface area contributed by atoms with E-state index in [2.05, 4.69) is 59.7 Å². The lowest BCUT2D eigenvalue weighted by Gasteiger charge is -2.14. The summed E-state index contributed by atoms with van der Waals surface area (Å²) in [7, 11) is 0. The standard InChI is InChI=1S/C29H27N5O/c1-19(2)26-6-4-5-7-27(26)32-29(35)31-24-13-12-21-16-23(11-10-22(21)17-24)28-30-18-34(33-28)25-14-8-20(3)9-15-25/h4-19H,1-3H3,(H2,31,32,35). The second-order valence-electron chi connectivity index (χ2n) is 8.95. The molecule has 0 unspecified atom stereocenters. The average Bonchev–Trinajstić information content (AvgIpc) is 3.34. The molecule has 6 nitrogen and oxygen atoms in total. The van der Waals surface area contributed by atoms with Crippen LogP contribution in [0.15, 0.2) is 91.3 Å². The quantitative estimate of drug-likeness (QED) is 0.292. The SMILES string of the molecule is Cc1ccc(-n2cnc(-c3ccc4cc(NC(=O)Nc5ccccc5C(C)C)ccc4c3)n2)cc1. The van der Waals surface area contributed by atoms with Gasteiger partial charge in [0.05, 0.1) is 5.69 Å². The van der Waals surface area contributed by atoms with Gasteiger partial charge >= 0.3 is 6.03 Å². The number of para-hydroxylation sites is 1. The predicted octanol–water partition coefficient (Wildman–Crippen LogP) is 7.16. The van der Waals surface area contributed by atoms with Gasteiger partial charge in [-0.3, -0.25) is 0 Å². The molecule has 35 heavy (non-hydrogen) atoms. The Morgan fingerprint density at radius 1 is 0.857 bits per heavy atom. The number of carbonyl (C=O) groups is 1. The number of nitrogens with one attached hydrogen (secondary N) is 2. The Morgan fingerprint density at radius 3 is 2.40 bits per heavy atom. The summed E-state index contributed by atoms with van der Waals surface area (Å²) < 4.78 is 1.78. The second kappa shape index (κ2) is 9.43. The van der Waals surface area contributed by atoms with Crippen LogP contribution in [0.5, 0.6) is 0 Å². The van der Waals surface area contributed by atoms with Crippen LogP contribution in [0, 0.1) is 6.92 Å². The molecule has 6 heteroatoms. The molecule has 4 aromatic carbocycles. The zero-order chi connectivity index (χ0) is 24.4. The molecule has 5 aromatic rings. The predicted molar refractivity (Wildman–Crippen MR) is 142 cm³/mol. The number of hydrogen-bond acceptors (Lipinski definition) is 3. The van der Waals surface area contributed by atoms with Crippen LogP contribution in [0.2, 0.25) is 0 Å². The Hall–Kier alpha value is -4.45. The molecule has 0 fully saturated rings. The molecule has 0 bridgehead atoms. The van der Waals surface area contributed by atoms with Gasteiger partial charge in [0.1, 0.15) is 6.33 Å². The number of aromatic nitrogens is 3. The molecule has 2 amide bonds. The van der Waals surface area contributed by atoms with Gasteiger partial charge < -0.3 is 10.6 Å². The first-order valence-corrected chi connectivity index (χ1v) is 11.7. The van der Waals surface area contributed by atoms with Gasteiger partial charge in [0.2, 0.25) is 0 Å². The van der Waals surface area contributed by atoms with Gasteiger partial charge in [-0.2, -0.15) is 0 Å². The molecule has 0 aliphatic rings. The molecule has 174 valence electrons. The fraction of sp³-hybridized carbons (Fsp3) is 0.138. The van der Waals surface area contributed by atoms with E-state index in [1.807, 2.05) is 66.7 Å². The van der Waals surface area contributed by atoms with Crippen molar-refractivity contribution in [2.24, 2.45) is 0 Å². The first-order chi connectivity index (χ1) is 17.0. The number of benzene rings is 4. The van der Waals surface area contributed by atoms with Crippen molar-refractivity contribution >= 4 is 28.2 Å². The van der Waals surface area contributed by atoms with E-state index in [9.17, 15) is 4.79 Å². The highest BCUT2D eigenvalue weighted by atomic mass is 16.2. The van der Waals surface area contributed by atoms with E-state index in [1.165, 1.54) is 5.56 Å². The Morgan fingerprint density at radius 2 is 1.60 bits per heavy atom. The van der Waals surface area contributed by atoms with E-state index in [4.69, 9.17) is 0 Å². The van der Waals surface area contributed by atoms with Crippen LogP contribution in [-0.2, 0) is 0 Å². The minimum absolute atomic E-state index is 0.264. The summed E-state index contributed by atoms with van der Waals surface area (Å²) in [6.45, 7) is 6.28. The van der Waals surface area contributed by atoms with E-state index in [0.29, 0.717) is 11.7 Å². The van der Waals surface area contributed by atoms with Crippen LogP contribution in [0.25, 0.3) is 27.8 Å². The summed E-state index contributed by atoms with van der Waals surface area (Å²) in [4.78, 5) is 17.1. The summed E-state index contributed by atoms with van der Waals surface area (Å²) in [5.74, 6) is 0.983. The number of aryl methyl sites for hydroxylation is 1. The lowest BCUT2D eigenvalue weighted by atomic mass is 10.0. The molecule has 5 rings (SSSR count). The number of hydrogen-bond donors (Lipinski definition) is 2. The maximum atomic E-state index is 12.6. The molecule has 0 saturated heterocycles. The van der Waals surface area contributed by atoms with Crippen molar-refractivity contribution in [1.82, 2.24) is 14.8 Å². The molecule has 0 spiro atoms. The van der Waals surface area contributed by atoms with Crippen molar-refractivity contribution < 1.29 is 4.79 Å². The fourth-order valence-corrected chi connectivity index (χ4v) is 4.08. The lowest BCUT2D eigenvalue weighted by molar-refractivity contribution is 0.262. The summed E-state index contributed by atoms with van der Waals surface area (Å²) in [6, 6.07) is 27.7. The Bertz CT molecular complexity index is 1500. The first-order valence-electron chi connectivity index (χ1n) is 11.7. The normalized spacial score (nSPS) is 11.1. The van der Waals surface area contributed by atoms with Crippen LogP contribution >= 0.6 is 0 Å². The van der Waals surface area contributed by atoms with Gasteiger partial charge in [-0.25, -0.2) is 14.5 Å². The highest BCUT2D eigenvalue weighted by Gasteiger charge is 2.11. The highest BCUT2D eigenvalue weighted by Crippen LogP contribution is 2.26. The van der Waals surface area contributed by atoms with Crippen LogP contribution < -0.4 is 10.6 Å². The number of amides is 2. The van der Waals surface area contributed by atoms with E-state index in [1.54, 1.807) is 11.0 Å². The van der Waals surface area contributed by atoms with E-state index < -0.39 is 0 Å². The third-order valence-corrected chi connectivity index (χ3v) is 5.98. The number of rotatable bonds is 5. The summed E-state index contributed by atoms with van der Waals surface area (Å²) in [6.07, 6.45) is 1.73. The Balaban J connectivity index is 1.32. The van der Waals surface area contributed by atoms with Gasteiger partial charge in [0.25, 0.3) is 0 Å². The minimum Gasteiger partial charge on any atom is -0.308 e. The maximum absolute atomic E-state index is 12.6. The molecule has 1 aromatic heterocycles. The van der Waals surface area contributed by atoms with Crippen molar-refractivity contribution in [3.05, 3.63) is 102 Å². The largest absolute Gasteiger partial charge is 0.323 e. The zero-order valence-electron chi connectivity index (χ0n) is 20.0. The van der Waals surface area contributed by atoms with E-state index >= 15 is 0 Å². The first kappa shape index (κ1) is 22.3. The molecule has 0 aliphatic carbocycles. The van der Waals surface area contributed by atoms with Gasteiger partial charge in [-0.1, -0.05) is 67.9 Å². The molecule has 2 N–H and O–H groups in total. The van der Waals surface area contributed by atoms with Crippen molar-refractivity contribution in [3.63, 3.8) is 0 Å². The molecule has 1 heterocycles. The van der Waals surface area contributed by atoms with Crippen LogP contribution in [0.4, 0.5) is 16.2 Å². The molecule has 0 radical (unpaired) electrons. The number of nitrogens with zero attached hydrogens (tertiary/aromatic N) is 3. The number of anilines is 2. The molecule has 0 aliphatic heterocycles. The highest BCUT2D eigenvalue weighted by molar-refractivity contribution is 6.01. The van der Waals surface area contributed by atoms with Gasteiger partial charge in [0, 0.05) is 16.9 Å². The van der Waals surface area contributed by atoms with Crippen molar-refractivity contribution in [1.29, 1.82) is 0 Å². The number of fused-ring (bicyclic) bond motifs is 1. The summed E-state index contributed by atoms with van der Waals surface area (Å²) >= 11 is 0. The van der Waals surface area contributed by atoms with E-state index in [-0.39, 0.29) is 6.03 Å². The Kier molecular flexibility index (Phi) is 6.02. The van der Waals surface area contributed by atoms with Crippen molar-refractivity contribution in [2.45, 2.75) is 26.7 Å². The molecular formula is C29H27N5O. The van der Waals surface area contributed by atoms with Gasteiger partial charge in [-0.05, 0) is 65.6 Å². The van der Waals surface area contributed by atoms with Crippen LogP contribution in [0.3, 0.4) is 0 Å². The van der Waals surface area contributed by atoms with E-state index in [0.717, 1.165) is 39.0 Å².